The fraction of sp³-hybridized carbons (Fsp3) is 0.364. The van der Waals surface area contributed by atoms with Gasteiger partial charge in [0.05, 0.1) is 38.3 Å². The number of aliphatic imine (C=N–C) groups is 1. The van der Waals surface area contributed by atoms with Crippen molar-refractivity contribution in [1.29, 1.82) is 0 Å². The molecule has 1 fully saturated rings. The lowest BCUT2D eigenvalue weighted by Gasteiger charge is -2.22. The Morgan fingerprint density at radius 1 is 1.04 bits per heavy atom. The summed E-state index contributed by atoms with van der Waals surface area (Å²) in [6.45, 7) is 3.96. The number of benzene rings is 2. The van der Waals surface area contributed by atoms with Crippen LogP contribution in [0, 0.1) is 6.92 Å². The summed E-state index contributed by atoms with van der Waals surface area (Å²) in [6.07, 6.45) is 4.14. The van der Waals surface area contributed by atoms with Crippen LogP contribution in [0.25, 0.3) is 0 Å². The molecule has 3 rings (SSSR count). The van der Waals surface area contributed by atoms with E-state index in [1.54, 1.807) is 38.6 Å². The second-order valence-corrected chi connectivity index (χ2v) is 6.71. The molecule has 0 amide bonds. The molecule has 28 heavy (non-hydrogen) atoms. The molecule has 148 valence electrons. The number of hydrogen-bond donors (Lipinski definition) is 0. The van der Waals surface area contributed by atoms with E-state index in [1.165, 1.54) is 20.0 Å². The highest BCUT2D eigenvalue weighted by Crippen LogP contribution is 2.36. The van der Waals surface area contributed by atoms with Crippen LogP contribution >= 0.6 is 0 Å². The lowest BCUT2D eigenvalue weighted by atomic mass is 10.1. The van der Waals surface area contributed by atoms with Crippen molar-refractivity contribution >= 4 is 23.6 Å². The quantitative estimate of drug-likeness (QED) is 0.555. The molecule has 0 bridgehead atoms. The van der Waals surface area contributed by atoms with Gasteiger partial charge in [0, 0.05) is 30.9 Å². The molecule has 1 aliphatic rings. The third kappa shape index (κ3) is 4.11. The van der Waals surface area contributed by atoms with Gasteiger partial charge in [-0.3, -0.25) is 4.99 Å². The monoisotopic (exact) mass is 382 g/mol. The van der Waals surface area contributed by atoms with Gasteiger partial charge in [-0.15, -0.1) is 0 Å². The molecule has 0 aromatic heterocycles. The van der Waals surface area contributed by atoms with Gasteiger partial charge >= 0.3 is 5.97 Å². The maximum atomic E-state index is 11.7. The number of anilines is 1. The zero-order valence-electron chi connectivity index (χ0n) is 16.8. The number of rotatable bonds is 6. The minimum absolute atomic E-state index is 0.359. The molecule has 6 heteroatoms. The maximum Gasteiger partial charge on any atom is 0.337 e. The summed E-state index contributed by atoms with van der Waals surface area (Å²) in [5.41, 5.74) is 4.05. The van der Waals surface area contributed by atoms with Crippen molar-refractivity contribution in [3.05, 3.63) is 47.0 Å². The minimum atomic E-state index is -0.359. The molecule has 0 unspecified atom stereocenters. The zero-order chi connectivity index (χ0) is 20.1. The van der Waals surface area contributed by atoms with Crippen molar-refractivity contribution in [1.82, 2.24) is 0 Å². The van der Waals surface area contributed by atoms with E-state index in [0.717, 1.165) is 47.1 Å². The molecular formula is C22H26N2O4. The first-order valence-corrected chi connectivity index (χ1v) is 9.31. The normalized spacial score (nSPS) is 13.8. The molecule has 1 aliphatic heterocycles. The van der Waals surface area contributed by atoms with E-state index in [-0.39, 0.29) is 5.97 Å². The van der Waals surface area contributed by atoms with Crippen LogP contribution in [0.15, 0.2) is 35.3 Å². The Hall–Kier alpha value is -3.02. The molecule has 0 saturated carbocycles. The summed E-state index contributed by atoms with van der Waals surface area (Å²) in [5, 5.41) is 0. The number of hydrogen-bond acceptors (Lipinski definition) is 6. The van der Waals surface area contributed by atoms with Crippen LogP contribution < -0.4 is 14.4 Å². The molecule has 1 heterocycles. The van der Waals surface area contributed by atoms with E-state index in [1.807, 2.05) is 19.1 Å². The topological polar surface area (TPSA) is 60.4 Å². The smallest absolute Gasteiger partial charge is 0.337 e. The number of aryl methyl sites for hydroxylation is 1. The molecule has 1 saturated heterocycles. The van der Waals surface area contributed by atoms with Gasteiger partial charge in [-0.1, -0.05) is 0 Å². The fourth-order valence-corrected chi connectivity index (χ4v) is 3.40. The van der Waals surface area contributed by atoms with Gasteiger partial charge in [-0.25, -0.2) is 4.79 Å². The summed E-state index contributed by atoms with van der Waals surface area (Å²) in [5.74, 6) is 1.19. The van der Waals surface area contributed by atoms with Gasteiger partial charge in [0.2, 0.25) is 0 Å². The van der Waals surface area contributed by atoms with Crippen molar-refractivity contribution in [3.63, 3.8) is 0 Å². The number of nitrogens with zero attached hydrogens (tertiary/aromatic N) is 2. The predicted molar refractivity (Wildman–Crippen MR) is 111 cm³/mol. The van der Waals surface area contributed by atoms with E-state index >= 15 is 0 Å². The van der Waals surface area contributed by atoms with Crippen LogP contribution in [0.3, 0.4) is 0 Å². The second-order valence-electron chi connectivity index (χ2n) is 6.71. The Labute approximate surface area is 165 Å². The first-order chi connectivity index (χ1) is 13.6. The summed E-state index contributed by atoms with van der Waals surface area (Å²) >= 11 is 0. The Bertz CT molecular complexity index is 886. The lowest BCUT2D eigenvalue weighted by molar-refractivity contribution is 0.0600. The summed E-state index contributed by atoms with van der Waals surface area (Å²) in [4.78, 5) is 18.6. The number of carbonyl (C=O) groups is 1. The zero-order valence-corrected chi connectivity index (χ0v) is 16.8. The maximum absolute atomic E-state index is 11.7. The second kappa shape index (κ2) is 8.78. The molecular weight excluding hydrogens is 356 g/mol. The Kier molecular flexibility index (Phi) is 6.19. The average Bonchev–Trinajstić information content (AvgIpc) is 3.26. The van der Waals surface area contributed by atoms with E-state index < -0.39 is 0 Å². The number of methoxy groups -OCH3 is 3. The van der Waals surface area contributed by atoms with Crippen molar-refractivity contribution < 1.29 is 19.0 Å². The van der Waals surface area contributed by atoms with Crippen molar-refractivity contribution in [2.24, 2.45) is 4.99 Å². The minimum Gasteiger partial charge on any atom is -0.496 e. The molecule has 0 atom stereocenters. The number of carbonyl (C=O) groups excluding carboxylic acids is 1. The summed E-state index contributed by atoms with van der Waals surface area (Å²) < 4.78 is 16.0. The van der Waals surface area contributed by atoms with Gasteiger partial charge in [0.15, 0.2) is 0 Å². The number of ether oxygens (including phenoxy) is 3. The molecule has 2 aromatic rings. The van der Waals surface area contributed by atoms with Crippen LogP contribution in [0.2, 0.25) is 0 Å². The fourth-order valence-electron chi connectivity index (χ4n) is 3.40. The van der Waals surface area contributed by atoms with Gasteiger partial charge in [0.1, 0.15) is 11.5 Å². The third-order valence-corrected chi connectivity index (χ3v) is 4.94. The largest absolute Gasteiger partial charge is 0.496 e. The van der Waals surface area contributed by atoms with Gasteiger partial charge in [-0.2, -0.15) is 0 Å². The van der Waals surface area contributed by atoms with Crippen molar-refractivity contribution in [2.45, 2.75) is 19.8 Å². The van der Waals surface area contributed by atoms with E-state index in [9.17, 15) is 4.79 Å². The van der Waals surface area contributed by atoms with Crippen LogP contribution in [0.1, 0.15) is 34.3 Å². The standard InChI is InChI=1S/C22H26N2O4/c1-15-11-16(22(25)28-4)7-8-18(15)23-14-17-12-21(27-3)19(13-20(17)26-2)24-9-5-6-10-24/h7-8,11-14H,5-6,9-10H2,1-4H3. The first-order valence-electron chi connectivity index (χ1n) is 9.31. The first kappa shape index (κ1) is 19.7. The van der Waals surface area contributed by atoms with E-state index in [4.69, 9.17) is 14.2 Å². The van der Waals surface area contributed by atoms with E-state index in [0.29, 0.717) is 5.56 Å². The van der Waals surface area contributed by atoms with Crippen LogP contribution in [0.5, 0.6) is 11.5 Å². The van der Waals surface area contributed by atoms with Crippen LogP contribution in [0.4, 0.5) is 11.4 Å². The highest BCUT2D eigenvalue weighted by atomic mass is 16.5. The Morgan fingerprint density at radius 2 is 1.75 bits per heavy atom. The van der Waals surface area contributed by atoms with Crippen molar-refractivity contribution in [3.8, 4) is 11.5 Å². The highest BCUT2D eigenvalue weighted by Gasteiger charge is 2.19. The van der Waals surface area contributed by atoms with Gasteiger partial charge < -0.3 is 19.1 Å². The van der Waals surface area contributed by atoms with Gasteiger partial charge in [0.25, 0.3) is 0 Å². The summed E-state index contributed by atoms with van der Waals surface area (Å²) in [6, 6.07) is 9.25. The number of esters is 1. The molecule has 0 N–H and O–H groups in total. The molecule has 0 spiro atoms. The summed E-state index contributed by atoms with van der Waals surface area (Å²) in [7, 11) is 4.70. The molecule has 2 aromatic carbocycles. The SMILES string of the molecule is COC(=O)c1ccc(N=Cc2cc(OC)c(N3CCCC3)cc2OC)c(C)c1. The molecule has 0 radical (unpaired) electrons. The molecule has 6 nitrogen and oxygen atoms in total. The Morgan fingerprint density at radius 3 is 2.36 bits per heavy atom. The lowest BCUT2D eigenvalue weighted by Crippen LogP contribution is -2.18. The molecule has 0 aliphatic carbocycles. The van der Waals surface area contributed by atoms with Crippen LogP contribution in [-0.2, 0) is 4.74 Å². The van der Waals surface area contributed by atoms with Crippen molar-refractivity contribution in [2.75, 3.05) is 39.3 Å². The Balaban J connectivity index is 1.92. The van der Waals surface area contributed by atoms with Crippen LogP contribution in [-0.4, -0.2) is 46.6 Å². The van der Waals surface area contributed by atoms with E-state index in [2.05, 4.69) is 9.89 Å². The van der Waals surface area contributed by atoms with Gasteiger partial charge in [-0.05, 0) is 49.6 Å². The highest BCUT2D eigenvalue weighted by molar-refractivity contribution is 5.91. The third-order valence-electron chi connectivity index (χ3n) is 4.94. The predicted octanol–water partition coefficient (Wildman–Crippen LogP) is 4.15. The average molecular weight is 382 g/mol.